The van der Waals surface area contributed by atoms with Gasteiger partial charge in [-0.15, -0.1) is 0 Å². The van der Waals surface area contributed by atoms with Crippen molar-refractivity contribution < 1.29 is 39.8 Å². The summed E-state index contributed by atoms with van der Waals surface area (Å²) in [5, 5.41) is 53.2. The lowest BCUT2D eigenvalue weighted by molar-refractivity contribution is -0.349. The van der Waals surface area contributed by atoms with Crippen LogP contribution in [-0.4, -0.2) is 78.8 Å². The normalized spacial score (nSPS) is 44.3. The van der Waals surface area contributed by atoms with Gasteiger partial charge in [0.25, 0.3) is 0 Å². The highest BCUT2D eigenvalue weighted by Gasteiger charge is 2.69. The average Bonchev–Trinajstić information content (AvgIpc) is 2.52. The molecule has 0 radical (unpaired) electrons. The van der Waals surface area contributed by atoms with Crippen molar-refractivity contribution in [2.45, 2.75) is 81.4 Å². The monoisotopic (exact) mass is 370 g/mol. The van der Waals surface area contributed by atoms with Crippen molar-refractivity contribution >= 4 is 5.97 Å². The van der Waals surface area contributed by atoms with Crippen LogP contribution in [0.2, 0.25) is 0 Å². The third kappa shape index (κ3) is 3.27. The van der Waals surface area contributed by atoms with Gasteiger partial charge in [-0.2, -0.15) is 0 Å². The summed E-state index contributed by atoms with van der Waals surface area (Å²) in [4.78, 5) is 11.3. The smallest absolute Gasteiger partial charge is 0.303 e. The molecular weight excluding hydrogens is 344 g/mol. The quantitative estimate of drug-likeness (QED) is 0.281. The Bertz CT molecular complexity index is 662. The predicted molar refractivity (Wildman–Crippen MR) is 89.6 cm³/mol. The maximum atomic E-state index is 11.3. The fourth-order valence-corrected chi connectivity index (χ4v) is 3.45. The Morgan fingerprint density at radius 2 is 1.73 bits per heavy atom. The van der Waals surface area contributed by atoms with Gasteiger partial charge in [0.2, 0.25) is 0 Å². The molecule has 1 aliphatic carbocycles. The first-order valence-corrected chi connectivity index (χ1v) is 8.28. The van der Waals surface area contributed by atoms with Crippen molar-refractivity contribution in [1.29, 1.82) is 0 Å². The predicted octanol–water partition coefficient (Wildman–Crippen LogP) is -1.38. The highest BCUT2D eigenvalue weighted by molar-refractivity contribution is 5.66. The van der Waals surface area contributed by atoms with Gasteiger partial charge in [-0.25, -0.2) is 0 Å². The Balaban J connectivity index is 2.47. The second-order valence-electron chi connectivity index (χ2n) is 7.63. The van der Waals surface area contributed by atoms with E-state index in [1.165, 1.54) is 6.92 Å². The Morgan fingerprint density at radius 1 is 1.15 bits per heavy atom. The zero-order valence-electron chi connectivity index (χ0n) is 15.3. The van der Waals surface area contributed by atoms with Gasteiger partial charge in [-0.3, -0.25) is 4.79 Å². The molecule has 8 nitrogen and oxygen atoms in total. The number of aliphatic hydroxyl groups excluding tert-OH is 3. The summed E-state index contributed by atoms with van der Waals surface area (Å²) in [5.74, 6) is 4.18. The lowest BCUT2D eigenvalue weighted by atomic mass is 9.64. The Kier molecular flexibility index (Phi) is 5.29. The molecule has 1 saturated heterocycles. The molecule has 146 valence electrons. The highest BCUT2D eigenvalue weighted by atomic mass is 16.6. The van der Waals surface area contributed by atoms with Crippen molar-refractivity contribution in [3.63, 3.8) is 0 Å². The molecule has 1 saturated carbocycles. The first-order valence-electron chi connectivity index (χ1n) is 8.28. The second kappa shape index (κ2) is 6.60. The zero-order valence-corrected chi connectivity index (χ0v) is 15.3. The average molecular weight is 370 g/mol. The van der Waals surface area contributed by atoms with Crippen LogP contribution in [-0.2, 0) is 14.3 Å². The van der Waals surface area contributed by atoms with E-state index in [2.05, 4.69) is 18.4 Å². The summed E-state index contributed by atoms with van der Waals surface area (Å²) in [6, 6.07) is 0. The van der Waals surface area contributed by atoms with Crippen LogP contribution in [0.5, 0.6) is 0 Å². The Labute approximate surface area is 152 Å². The Morgan fingerprint density at radius 3 is 2.23 bits per heavy atom. The molecule has 0 aromatic heterocycles. The lowest BCUT2D eigenvalue weighted by Gasteiger charge is -2.58. The van der Waals surface area contributed by atoms with E-state index in [1.54, 1.807) is 20.8 Å². The number of esters is 1. The third-order valence-electron chi connectivity index (χ3n) is 5.00. The largest absolute Gasteiger partial charge is 0.459 e. The van der Waals surface area contributed by atoms with Crippen LogP contribution in [0, 0.1) is 11.8 Å². The number of hydrogen-bond acceptors (Lipinski definition) is 8. The number of allylic oxidation sites excluding steroid dienone is 1. The summed E-state index contributed by atoms with van der Waals surface area (Å²) in [6.07, 6.45) is -8.46. The van der Waals surface area contributed by atoms with Gasteiger partial charge in [-0.05, 0) is 26.3 Å². The minimum atomic E-state index is -2.44. The molecule has 1 heterocycles. The highest BCUT2D eigenvalue weighted by Crippen LogP contribution is 2.47. The topological polar surface area (TPSA) is 137 Å². The molecule has 0 bridgehead atoms. The van der Waals surface area contributed by atoms with Crippen LogP contribution in [0.1, 0.15) is 34.1 Å². The molecule has 26 heavy (non-hydrogen) atoms. The first kappa shape index (κ1) is 20.8. The summed E-state index contributed by atoms with van der Waals surface area (Å²) in [5.41, 5.74) is -5.37. The fraction of sp³-hybridized carbons (Fsp3) is 0.722. The molecule has 2 aliphatic rings. The van der Waals surface area contributed by atoms with Crippen molar-refractivity contribution in [3.8, 4) is 11.8 Å². The lowest BCUT2D eigenvalue weighted by Crippen LogP contribution is -2.80. The third-order valence-corrected chi connectivity index (χ3v) is 5.00. The van der Waals surface area contributed by atoms with Crippen LogP contribution in [0.4, 0.5) is 0 Å². The minimum Gasteiger partial charge on any atom is -0.459 e. The molecule has 2 fully saturated rings. The van der Waals surface area contributed by atoms with Gasteiger partial charge in [0.05, 0.1) is 0 Å². The minimum absolute atomic E-state index is 0.302. The van der Waals surface area contributed by atoms with Gasteiger partial charge in [0, 0.05) is 13.3 Å². The summed E-state index contributed by atoms with van der Waals surface area (Å²) < 4.78 is 10.9. The fourth-order valence-electron chi connectivity index (χ4n) is 3.45. The van der Waals surface area contributed by atoms with Crippen molar-refractivity contribution in [2.24, 2.45) is 0 Å². The van der Waals surface area contributed by atoms with Gasteiger partial charge in [0.15, 0.2) is 5.60 Å². The molecular formula is C18H26O8. The van der Waals surface area contributed by atoms with Crippen LogP contribution in [0.25, 0.3) is 0 Å². The molecule has 0 spiro atoms. The molecule has 8 heteroatoms. The number of ether oxygens (including phenoxy) is 2. The number of carbonyl (C=O) groups excluding carboxylic acids is 1. The van der Waals surface area contributed by atoms with Gasteiger partial charge >= 0.3 is 5.97 Å². The molecule has 7 unspecified atom stereocenters. The first-order chi connectivity index (χ1) is 11.8. The SMILES string of the molecule is C=C(C)C#CC1(O)C(O)C(O)C2(O)CC(OC(C)=O)C(C)(C)OC2C1O. The van der Waals surface area contributed by atoms with E-state index in [0.717, 1.165) is 0 Å². The zero-order chi connectivity index (χ0) is 20.1. The van der Waals surface area contributed by atoms with E-state index in [-0.39, 0.29) is 6.42 Å². The maximum Gasteiger partial charge on any atom is 0.303 e. The van der Waals surface area contributed by atoms with Crippen molar-refractivity contribution in [2.75, 3.05) is 0 Å². The van der Waals surface area contributed by atoms with Crippen molar-refractivity contribution in [3.05, 3.63) is 12.2 Å². The van der Waals surface area contributed by atoms with Crippen LogP contribution < -0.4 is 0 Å². The number of aliphatic hydroxyl groups is 5. The summed E-state index contributed by atoms with van der Waals surface area (Å²) >= 11 is 0. The number of hydrogen-bond donors (Lipinski definition) is 5. The Hall–Kier alpha value is -1.47. The van der Waals surface area contributed by atoms with E-state index in [9.17, 15) is 30.3 Å². The van der Waals surface area contributed by atoms with Crippen molar-refractivity contribution in [1.82, 2.24) is 0 Å². The molecule has 0 aromatic rings. The van der Waals surface area contributed by atoms with E-state index >= 15 is 0 Å². The summed E-state index contributed by atoms with van der Waals surface area (Å²) in [6.45, 7) is 9.49. The van der Waals surface area contributed by atoms with Crippen LogP contribution >= 0.6 is 0 Å². The van der Waals surface area contributed by atoms with E-state index in [0.29, 0.717) is 5.57 Å². The summed E-state index contributed by atoms with van der Waals surface area (Å²) in [7, 11) is 0. The number of rotatable bonds is 1. The molecule has 0 amide bonds. The van der Waals surface area contributed by atoms with E-state index < -0.39 is 53.3 Å². The van der Waals surface area contributed by atoms with Crippen LogP contribution in [0.3, 0.4) is 0 Å². The molecule has 1 aliphatic heterocycles. The number of carbonyl (C=O) groups is 1. The maximum absolute atomic E-state index is 11.3. The van der Waals surface area contributed by atoms with Gasteiger partial charge in [0.1, 0.15) is 41.7 Å². The van der Waals surface area contributed by atoms with Gasteiger partial charge < -0.3 is 35.0 Å². The molecule has 5 N–H and O–H groups in total. The number of fused-ring (bicyclic) bond motifs is 1. The molecule has 2 rings (SSSR count). The molecule has 7 atom stereocenters. The second-order valence-corrected chi connectivity index (χ2v) is 7.63. The van der Waals surface area contributed by atoms with E-state index in [4.69, 9.17) is 9.47 Å². The van der Waals surface area contributed by atoms with E-state index in [1.807, 2.05) is 0 Å². The standard InChI is InChI=1S/C18H26O8/c1-9(2)6-7-17(23)12(20)13(21)18(24)8-11(25-10(3)19)16(4,5)26-15(18)14(17)22/h11-15,20-24H,1,8H2,2-5H3. The van der Waals surface area contributed by atoms with Gasteiger partial charge in [-0.1, -0.05) is 18.4 Å². The van der Waals surface area contributed by atoms with Crippen LogP contribution in [0.15, 0.2) is 12.2 Å². The molecule has 0 aromatic carbocycles.